The van der Waals surface area contributed by atoms with Crippen molar-refractivity contribution in [3.05, 3.63) is 107 Å². The Morgan fingerprint density at radius 2 is 1.38 bits per heavy atom. The Morgan fingerprint density at radius 1 is 0.750 bits per heavy atom. The molecular formula is C28H26O4. The van der Waals surface area contributed by atoms with Gasteiger partial charge in [0.05, 0.1) is 12.2 Å². The summed E-state index contributed by atoms with van der Waals surface area (Å²) in [6, 6.07) is 27.8. The van der Waals surface area contributed by atoms with Crippen LogP contribution in [0.2, 0.25) is 0 Å². The van der Waals surface area contributed by atoms with E-state index in [0.717, 1.165) is 22.4 Å². The molecule has 0 radical (unpaired) electrons. The van der Waals surface area contributed by atoms with E-state index < -0.39 is 0 Å². The Morgan fingerprint density at radius 3 is 2.16 bits per heavy atom. The van der Waals surface area contributed by atoms with Crippen molar-refractivity contribution in [2.45, 2.75) is 27.1 Å². The third-order valence-corrected chi connectivity index (χ3v) is 5.31. The number of carbonyl (C=O) groups excluding carboxylic acids is 1. The highest BCUT2D eigenvalue weighted by Gasteiger charge is 2.15. The van der Waals surface area contributed by atoms with Crippen molar-refractivity contribution in [1.29, 1.82) is 0 Å². The average Bonchev–Trinajstić information content (AvgIpc) is 2.82. The van der Waals surface area contributed by atoms with E-state index in [1.54, 1.807) is 6.92 Å². The minimum Gasteiger partial charge on any atom is -0.489 e. The Bertz CT molecular complexity index is 1220. The van der Waals surface area contributed by atoms with Crippen molar-refractivity contribution in [2.75, 3.05) is 6.61 Å². The van der Waals surface area contributed by atoms with Gasteiger partial charge in [-0.15, -0.1) is 0 Å². The van der Waals surface area contributed by atoms with Crippen LogP contribution in [0.1, 0.15) is 34.0 Å². The molecule has 0 saturated carbocycles. The average molecular weight is 427 g/mol. The Labute approximate surface area is 188 Å². The number of carbonyl (C=O) groups is 1. The molecule has 162 valence electrons. The fourth-order valence-corrected chi connectivity index (χ4v) is 3.74. The second-order valence-corrected chi connectivity index (χ2v) is 7.52. The van der Waals surface area contributed by atoms with Crippen LogP contribution in [0.15, 0.2) is 84.9 Å². The van der Waals surface area contributed by atoms with Crippen molar-refractivity contribution in [3.63, 3.8) is 0 Å². The van der Waals surface area contributed by atoms with Crippen molar-refractivity contribution >= 4 is 16.7 Å². The minimum atomic E-state index is -0.323. The predicted octanol–water partition coefficient (Wildman–Crippen LogP) is 6.48. The van der Waals surface area contributed by atoms with Crippen molar-refractivity contribution in [1.82, 2.24) is 0 Å². The van der Waals surface area contributed by atoms with E-state index in [1.807, 2.05) is 67.6 Å². The first-order valence-electron chi connectivity index (χ1n) is 10.7. The molecule has 0 aliphatic carbocycles. The summed E-state index contributed by atoms with van der Waals surface area (Å²) in [6.07, 6.45) is 0. The number of benzene rings is 4. The fourth-order valence-electron chi connectivity index (χ4n) is 3.74. The van der Waals surface area contributed by atoms with Crippen molar-refractivity contribution in [3.8, 4) is 11.5 Å². The first-order valence-corrected chi connectivity index (χ1v) is 10.7. The summed E-state index contributed by atoms with van der Waals surface area (Å²) in [7, 11) is 0. The largest absolute Gasteiger partial charge is 0.489 e. The highest BCUT2D eigenvalue weighted by molar-refractivity contribution is 5.92. The molecule has 0 amide bonds. The van der Waals surface area contributed by atoms with Gasteiger partial charge >= 0.3 is 5.97 Å². The molecule has 4 aromatic rings. The van der Waals surface area contributed by atoms with E-state index in [1.165, 1.54) is 10.8 Å². The molecule has 0 aliphatic heterocycles. The maximum absolute atomic E-state index is 12.4. The third-order valence-electron chi connectivity index (χ3n) is 5.31. The van der Waals surface area contributed by atoms with E-state index in [2.05, 4.69) is 24.3 Å². The molecule has 32 heavy (non-hydrogen) atoms. The molecule has 4 aromatic carbocycles. The molecule has 0 N–H and O–H groups in total. The van der Waals surface area contributed by atoms with Gasteiger partial charge in [-0.2, -0.15) is 0 Å². The number of hydrogen-bond donors (Lipinski definition) is 0. The lowest BCUT2D eigenvalue weighted by atomic mass is 10.0. The molecule has 0 heterocycles. The highest BCUT2D eigenvalue weighted by Crippen LogP contribution is 2.25. The summed E-state index contributed by atoms with van der Waals surface area (Å²) in [4.78, 5) is 12.4. The lowest BCUT2D eigenvalue weighted by Gasteiger charge is -2.14. The monoisotopic (exact) mass is 426 g/mol. The molecule has 4 rings (SSSR count). The van der Waals surface area contributed by atoms with Crippen LogP contribution in [-0.2, 0) is 18.0 Å². The van der Waals surface area contributed by atoms with Gasteiger partial charge in [0.25, 0.3) is 0 Å². The van der Waals surface area contributed by atoms with Gasteiger partial charge in [0.2, 0.25) is 0 Å². The number of aryl methyl sites for hydroxylation is 1. The summed E-state index contributed by atoms with van der Waals surface area (Å²) in [6.45, 7) is 4.77. The summed E-state index contributed by atoms with van der Waals surface area (Å²) < 4.78 is 17.3. The van der Waals surface area contributed by atoms with Gasteiger partial charge in [-0.05, 0) is 47.9 Å². The number of fused-ring (bicyclic) bond motifs is 1. The SMILES string of the molecule is CCOC(=O)c1c(C)cccc1COc1cccc(OCc2cccc3ccccc23)c1. The fraction of sp³-hybridized carbons (Fsp3) is 0.179. The van der Waals surface area contributed by atoms with E-state index >= 15 is 0 Å². The summed E-state index contributed by atoms with van der Waals surface area (Å²) in [5, 5.41) is 2.38. The quantitative estimate of drug-likeness (QED) is 0.302. The van der Waals surface area contributed by atoms with Gasteiger partial charge in [0.1, 0.15) is 24.7 Å². The molecule has 4 heteroatoms. The number of ether oxygens (including phenoxy) is 3. The molecule has 0 fully saturated rings. The van der Waals surface area contributed by atoms with E-state index in [-0.39, 0.29) is 12.6 Å². The van der Waals surface area contributed by atoms with Gasteiger partial charge in [-0.3, -0.25) is 0 Å². The van der Waals surface area contributed by atoms with Crippen LogP contribution in [0.3, 0.4) is 0 Å². The third kappa shape index (κ3) is 4.92. The van der Waals surface area contributed by atoms with Crippen LogP contribution in [-0.4, -0.2) is 12.6 Å². The van der Waals surface area contributed by atoms with Gasteiger partial charge in [0.15, 0.2) is 0 Å². The molecule has 0 aromatic heterocycles. The summed E-state index contributed by atoms with van der Waals surface area (Å²) in [5.74, 6) is 1.08. The second-order valence-electron chi connectivity index (χ2n) is 7.52. The zero-order valence-electron chi connectivity index (χ0n) is 18.3. The molecule has 0 bridgehead atoms. The van der Waals surface area contributed by atoms with Gasteiger partial charge < -0.3 is 14.2 Å². The highest BCUT2D eigenvalue weighted by atomic mass is 16.5. The smallest absolute Gasteiger partial charge is 0.338 e. The Balaban J connectivity index is 1.45. The predicted molar refractivity (Wildman–Crippen MR) is 126 cm³/mol. The zero-order valence-corrected chi connectivity index (χ0v) is 18.3. The topological polar surface area (TPSA) is 44.8 Å². The molecule has 0 spiro atoms. The second kappa shape index (κ2) is 10.0. The molecule has 0 saturated heterocycles. The number of hydrogen-bond acceptors (Lipinski definition) is 4. The number of esters is 1. The maximum Gasteiger partial charge on any atom is 0.338 e. The van der Waals surface area contributed by atoms with Crippen molar-refractivity contribution < 1.29 is 19.0 Å². The van der Waals surface area contributed by atoms with E-state index in [0.29, 0.717) is 24.5 Å². The molecule has 4 nitrogen and oxygen atoms in total. The molecular weight excluding hydrogens is 400 g/mol. The van der Waals surface area contributed by atoms with Gasteiger partial charge in [-0.1, -0.05) is 66.7 Å². The molecule has 0 unspecified atom stereocenters. The van der Waals surface area contributed by atoms with Crippen molar-refractivity contribution in [2.24, 2.45) is 0 Å². The minimum absolute atomic E-state index is 0.266. The van der Waals surface area contributed by atoms with Crippen LogP contribution in [0.25, 0.3) is 10.8 Å². The lowest BCUT2D eigenvalue weighted by Crippen LogP contribution is -2.12. The summed E-state index contributed by atoms with van der Waals surface area (Å²) >= 11 is 0. The standard InChI is InChI=1S/C28H26O4/c1-3-30-28(29)27-20(2)9-6-13-23(27)19-32-25-15-8-14-24(17-25)31-18-22-12-7-11-21-10-4-5-16-26(21)22/h4-17H,3,18-19H2,1-2H3. The van der Waals surface area contributed by atoms with Crippen LogP contribution in [0.4, 0.5) is 0 Å². The Hall–Kier alpha value is -3.79. The maximum atomic E-state index is 12.4. The lowest BCUT2D eigenvalue weighted by molar-refractivity contribution is 0.0522. The van der Waals surface area contributed by atoms with E-state index in [4.69, 9.17) is 14.2 Å². The van der Waals surface area contributed by atoms with Crippen LogP contribution >= 0.6 is 0 Å². The molecule has 0 aliphatic rings. The first kappa shape index (κ1) is 21.4. The van der Waals surface area contributed by atoms with Crippen LogP contribution in [0.5, 0.6) is 11.5 Å². The normalized spacial score (nSPS) is 10.7. The van der Waals surface area contributed by atoms with Crippen LogP contribution < -0.4 is 9.47 Å². The van der Waals surface area contributed by atoms with Crippen LogP contribution in [0, 0.1) is 6.92 Å². The van der Waals surface area contributed by atoms with E-state index in [9.17, 15) is 4.79 Å². The number of rotatable bonds is 8. The Kier molecular flexibility index (Phi) is 6.71. The zero-order chi connectivity index (χ0) is 22.3. The van der Waals surface area contributed by atoms with Gasteiger partial charge in [-0.25, -0.2) is 4.79 Å². The summed E-state index contributed by atoms with van der Waals surface area (Å²) in [5.41, 5.74) is 3.37. The van der Waals surface area contributed by atoms with Gasteiger partial charge in [0, 0.05) is 11.6 Å². The molecule has 0 atom stereocenters. The first-order chi connectivity index (χ1) is 15.7.